The maximum atomic E-state index is 11.8. The minimum Gasteiger partial charge on any atom is -0.267 e. The number of carbonyl (C=O) groups excluding carboxylic acids is 1. The SMILES string of the molecule is Cc1nn(C)c(Cl)c1/C=N/NC(=O)c1ccc(Cl)cc1. The van der Waals surface area contributed by atoms with Crippen LogP contribution in [-0.4, -0.2) is 21.9 Å². The largest absolute Gasteiger partial charge is 0.271 e. The van der Waals surface area contributed by atoms with Crippen LogP contribution in [0.25, 0.3) is 0 Å². The molecule has 104 valence electrons. The van der Waals surface area contributed by atoms with Crippen molar-refractivity contribution in [1.29, 1.82) is 0 Å². The van der Waals surface area contributed by atoms with Gasteiger partial charge in [-0.15, -0.1) is 0 Å². The molecule has 1 aromatic carbocycles. The Hall–Kier alpha value is -1.85. The highest BCUT2D eigenvalue weighted by atomic mass is 35.5. The van der Waals surface area contributed by atoms with E-state index < -0.39 is 0 Å². The second kappa shape index (κ2) is 6.07. The van der Waals surface area contributed by atoms with E-state index in [-0.39, 0.29) is 5.91 Å². The molecule has 1 heterocycles. The Labute approximate surface area is 126 Å². The number of amides is 1. The summed E-state index contributed by atoms with van der Waals surface area (Å²) < 4.78 is 1.54. The number of hydrazone groups is 1. The summed E-state index contributed by atoms with van der Waals surface area (Å²) in [7, 11) is 1.74. The monoisotopic (exact) mass is 310 g/mol. The summed E-state index contributed by atoms with van der Waals surface area (Å²) in [4.78, 5) is 11.8. The molecule has 0 saturated heterocycles. The number of hydrogen-bond acceptors (Lipinski definition) is 3. The molecular weight excluding hydrogens is 299 g/mol. The van der Waals surface area contributed by atoms with Gasteiger partial charge in [-0.25, -0.2) is 5.43 Å². The van der Waals surface area contributed by atoms with Crippen LogP contribution in [0.4, 0.5) is 0 Å². The number of aryl methyl sites for hydroxylation is 2. The third-order valence-corrected chi connectivity index (χ3v) is 3.36. The van der Waals surface area contributed by atoms with Gasteiger partial charge in [-0.1, -0.05) is 23.2 Å². The molecule has 0 aliphatic rings. The average molecular weight is 311 g/mol. The summed E-state index contributed by atoms with van der Waals surface area (Å²) in [6.45, 7) is 1.81. The fourth-order valence-corrected chi connectivity index (χ4v) is 1.96. The second-order valence-electron chi connectivity index (χ2n) is 4.12. The van der Waals surface area contributed by atoms with Crippen LogP contribution < -0.4 is 5.43 Å². The number of halogens is 2. The maximum absolute atomic E-state index is 11.8. The van der Waals surface area contributed by atoms with Crippen LogP contribution in [0, 0.1) is 6.92 Å². The van der Waals surface area contributed by atoms with E-state index in [4.69, 9.17) is 23.2 Å². The van der Waals surface area contributed by atoms with Crippen LogP contribution in [-0.2, 0) is 7.05 Å². The lowest BCUT2D eigenvalue weighted by molar-refractivity contribution is 0.0955. The smallest absolute Gasteiger partial charge is 0.267 e. The number of nitrogens with zero attached hydrogens (tertiary/aromatic N) is 3. The lowest BCUT2D eigenvalue weighted by Gasteiger charge is -1.99. The number of benzene rings is 1. The zero-order valence-electron chi connectivity index (χ0n) is 10.9. The molecule has 0 spiro atoms. The fraction of sp³-hybridized carbons (Fsp3) is 0.154. The van der Waals surface area contributed by atoms with Crippen molar-refractivity contribution < 1.29 is 4.79 Å². The molecule has 7 heteroatoms. The van der Waals surface area contributed by atoms with Gasteiger partial charge in [0.15, 0.2) is 0 Å². The van der Waals surface area contributed by atoms with Crippen LogP contribution in [0.3, 0.4) is 0 Å². The van der Waals surface area contributed by atoms with E-state index >= 15 is 0 Å². The minimum atomic E-state index is -0.324. The van der Waals surface area contributed by atoms with Crippen LogP contribution >= 0.6 is 23.2 Å². The standard InChI is InChI=1S/C13H12Cl2N4O/c1-8-11(12(15)19(2)18-8)7-16-17-13(20)9-3-5-10(14)6-4-9/h3-7H,1-2H3,(H,17,20)/b16-7+. The lowest BCUT2D eigenvalue weighted by atomic mass is 10.2. The van der Waals surface area contributed by atoms with Crippen LogP contribution in [0.1, 0.15) is 21.6 Å². The molecule has 20 heavy (non-hydrogen) atoms. The molecule has 0 radical (unpaired) electrons. The van der Waals surface area contributed by atoms with Crippen molar-refractivity contribution in [2.45, 2.75) is 6.92 Å². The third kappa shape index (κ3) is 3.18. The van der Waals surface area contributed by atoms with E-state index in [0.717, 1.165) is 5.69 Å². The first-order chi connectivity index (χ1) is 9.49. The van der Waals surface area contributed by atoms with Crippen molar-refractivity contribution in [1.82, 2.24) is 15.2 Å². The van der Waals surface area contributed by atoms with E-state index in [0.29, 0.717) is 21.3 Å². The molecule has 1 amide bonds. The Balaban J connectivity index is 2.06. The van der Waals surface area contributed by atoms with E-state index in [1.54, 1.807) is 36.0 Å². The highest BCUT2D eigenvalue weighted by Crippen LogP contribution is 2.16. The summed E-state index contributed by atoms with van der Waals surface area (Å²) in [5, 5.41) is 9.06. The Morgan fingerprint density at radius 2 is 2.00 bits per heavy atom. The third-order valence-electron chi connectivity index (χ3n) is 2.66. The van der Waals surface area contributed by atoms with Crippen molar-refractivity contribution in [2.24, 2.45) is 12.1 Å². The molecule has 1 N–H and O–H groups in total. The van der Waals surface area contributed by atoms with Crippen LogP contribution in [0.5, 0.6) is 0 Å². The van der Waals surface area contributed by atoms with Gasteiger partial charge < -0.3 is 0 Å². The molecule has 2 aromatic rings. The molecule has 0 aliphatic carbocycles. The van der Waals surface area contributed by atoms with Gasteiger partial charge in [0.1, 0.15) is 5.15 Å². The quantitative estimate of drug-likeness (QED) is 0.700. The average Bonchev–Trinajstić information content (AvgIpc) is 2.65. The first-order valence-electron chi connectivity index (χ1n) is 5.77. The topological polar surface area (TPSA) is 59.3 Å². The maximum Gasteiger partial charge on any atom is 0.271 e. The summed E-state index contributed by atoms with van der Waals surface area (Å²) in [6.07, 6.45) is 1.47. The van der Waals surface area contributed by atoms with Crippen molar-refractivity contribution in [3.63, 3.8) is 0 Å². The first-order valence-corrected chi connectivity index (χ1v) is 6.52. The lowest BCUT2D eigenvalue weighted by Crippen LogP contribution is -2.17. The first kappa shape index (κ1) is 14.6. The molecule has 0 unspecified atom stereocenters. The van der Waals surface area contributed by atoms with Crippen molar-refractivity contribution in [2.75, 3.05) is 0 Å². The van der Waals surface area contributed by atoms with Gasteiger partial charge in [0.2, 0.25) is 0 Å². The number of rotatable bonds is 3. The summed E-state index contributed by atoms with van der Waals surface area (Å²) in [5.41, 5.74) is 4.30. The van der Waals surface area contributed by atoms with Gasteiger partial charge in [-0.05, 0) is 31.2 Å². The van der Waals surface area contributed by atoms with Gasteiger partial charge in [0.25, 0.3) is 5.91 Å². The van der Waals surface area contributed by atoms with Gasteiger partial charge in [-0.2, -0.15) is 10.2 Å². The predicted molar refractivity (Wildman–Crippen MR) is 79.5 cm³/mol. The van der Waals surface area contributed by atoms with Crippen molar-refractivity contribution in [3.8, 4) is 0 Å². The Kier molecular flexibility index (Phi) is 4.42. The second-order valence-corrected chi connectivity index (χ2v) is 4.91. The number of hydrogen-bond donors (Lipinski definition) is 1. The number of nitrogens with one attached hydrogen (secondary N) is 1. The summed E-state index contributed by atoms with van der Waals surface area (Å²) >= 11 is 11.8. The molecule has 0 aliphatic heterocycles. The van der Waals surface area contributed by atoms with E-state index in [9.17, 15) is 4.79 Å². The summed E-state index contributed by atoms with van der Waals surface area (Å²) in [6, 6.07) is 6.52. The van der Waals surface area contributed by atoms with Gasteiger partial charge in [-0.3, -0.25) is 9.48 Å². The molecule has 0 saturated carbocycles. The van der Waals surface area contributed by atoms with E-state index in [1.807, 2.05) is 6.92 Å². The molecule has 0 fully saturated rings. The van der Waals surface area contributed by atoms with Gasteiger partial charge in [0, 0.05) is 17.6 Å². The fourth-order valence-electron chi connectivity index (χ4n) is 1.61. The zero-order chi connectivity index (χ0) is 14.7. The molecule has 0 atom stereocenters. The predicted octanol–water partition coefficient (Wildman–Crippen LogP) is 2.80. The Morgan fingerprint density at radius 1 is 1.35 bits per heavy atom. The molecule has 5 nitrogen and oxygen atoms in total. The van der Waals surface area contributed by atoms with Gasteiger partial charge >= 0.3 is 0 Å². The normalized spacial score (nSPS) is 11.0. The zero-order valence-corrected chi connectivity index (χ0v) is 12.4. The van der Waals surface area contributed by atoms with E-state index in [1.165, 1.54) is 6.21 Å². The van der Waals surface area contributed by atoms with Crippen molar-refractivity contribution in [3.05, 3.63) is 51.3 Å². The van der Waals surface area contributed by atoms with Crippen LogP contribution in [0.15, 0.2) is 29.4 Å². The number of aromatic nitrogens is 2. The number of carbonyl (C=O) groups is 1. The van der Waals surface area contributed by atoms with Crippen LogP contribution in [0.2, 0.25) is 10.2 Å². The minimum absolute atomic E-state index is 0.324. The summed E-state index contributed by atoms with van der Waals surface area (Å²) in [5.74, 6) is -0.324. The molecule has 2 rings (SSSR count). The molecule has 0 bridgehead atoms. The molecule has 1 aromatic heterocycles. The van der Waals surface area contributed by atoms with Crippen molar-refractivity contribution >= 4 is 35.3 Å². The highest BCUT2D eigenvalue weighted by Gasteiger charge is 2.09. The van der Waals surface area contributed by atoms with Gasteiger partial charge in [0.05, 0.1) is 17.5 Å². The highest BCUT2D eigenvalue weighted by molar-refractivity contribution is 6.32. The van der Waals surface area contributed by atoms with E-state index in [2.05, 4.69) is 15.6 Å². The Bertz CT molecular complexity index is 662. The molecular formula is C13H12Cl2N4O. The Morgan fingerprint density at radius 3 is 2.55 bits per heavy atom.